The van der Waals surface area contributed by atoms with Crippen LogP contribution in [0.5, 0.6) is 0 Å². The van der Waals surface area contributed by atoms with E-state index >= 15 is 0 Å². The summed E-state index contributed by atoms with van der Waals surface area (Å²) >= 11 is 0. The predicted octanol–water partition coefficient (Wildman–Crippen LogP) is 1.41. The largest absolute Gasteiger partial charge is 0.371 e. The third-order valence-electron chi connectivity index (χ3n) is 3.11. The maximum atomic E-state index is 12.1. The molecule has 0 bridgehead atoms. The molecule has 1 aliphatic heterocycles. The molecule has 0 saturated carbocycles. The van der Waals surface area contributed by atoms with Gasteiger partial charge in [-0.1, -0.05) is 0 Å². The van der Waals surface area contributed by atoms with Crippen LogP contribution in [0.1, 0.15) is 19.8 Å². The van der Waals surface area contributed by atoms with E-state index in [-0.39, 0.29) is 17.8 Å². The van der Waals surface area contributed by atoms with Crippen LogP contribution in [0.25, 0.3) is 0 Å². The van der Waals surface area contributed by atoms with Crippen LogP contribution in [-0.2, 0) is 4.79 Å². The number of carbonyl (C=O) groups is 1. The van der Waals surface area contributed by atoms with Crippen LogP contribution in [0.4, 0.5) is 11.5 Å². The highest BCUT2D eigenvalue weighted by atomic mass is 16.6. The van der Waals surface area contributed by atoms with E-state index in [4.69, 9.17) is 0 Å². The van der Waals surface area contributed by atoms with E-state index < -0.39 is 4.92 Å². The second-order valence-corrected chi connectivity index (χ2v) is 4.56. The molecule has 19 heavy (non-hydrogen) atoms. The van der Waals surface area contributed by atoms with E-state index in [0.717, 1.165) is 25.9 Å². The number of rotatable bonds is 4. The standard InChI is InChI=1S/C12H16N4O3/c1-9(12(17)15-6-2-3-7-15)14-10-4-5-11(13-8-10)16(18)19/h4-5,8-9,14H,2-3,6-7H2,1H3. The van der Waals surface area contributed by atoms with Crippen LogP contribution in [0.15, 0.2) is 18.3 Å². The molecule has 0 radical (unpaired) electrons. The number of aromatic nitrogens is 1. The Kier molecular flexibility index (Phi) is 3.94. The lowest BCUT2D eigenvalue weighted by Gasteiger charge is -2.21. The molecule has 1 aromatic rings. The smallest absolute Gasteiger partial charge is 0.363 e. The third-order valence-corrected chi connectivity index (χ3v) is 3.11. The van der Waals surface area contributed by atoms with E-state index in [9.17, 15) is 14.9 Å². The van der Waals surface area contributed by atoms with Gasteiger partial charge in [0.1, 0.15) is 6.04 Å². The number of likely N-dealkylation sites (tertiary alicyclic amines) is 1. The van der Waals surface area contributed by atoms with Crippen molar-refractivity contribution in [2.24, 2.45) is 0 Å². The summed E-state index contributed by atoms with van der Waals surface area (Å²) in [5.74, 6) is -0.153. The van der Waals surface area contributed by atoms with Gasteiger partial charge in [0.05, 0.1) is 5.69 Å². The average molecular weight is 264 g/mol. The van der Waals surface area contributed by atoms with Gasteiger partial charge in [-0.25, -0.2) is 0 Å². The van der Waals surface area contributed by atoms with Crippen LogP contribution in [0.2, 0.25) is 0 Å². The monoisotopic (exact) mass is 264 g/mol. The van der Waals surface area contributed by atoms with Gasteiger partial charge >= 0.3 is 5.82 Å². The van der Waals surface area contributed by atoms with Gasteiger partial charge in [0.25, 0.3) is 0 Å². The van der Waals surface area contributed by atoms with Crippen LogP contribution >= 0.6 is 0 Å². The van der Waals surface area contributed by atoms with Gasteiger partial charge in [-0.05, 0) is 35.7 Å². The van der Waals surface area contributed by atoms with Gasteiger partial charge < -0.3 is 20.3 Å². The molecule has 0 spiro atoms. The first-order valence-corrected chi connectivity index (χ1v) is 6.23. The topological polar surface area (TPSA) is 88.4 Å². The Morgan fingerprint density at radius 1 is 1.47 bits per heavy atom. The summed E-state index contributed by atoms with van der Waals surface area (Å²) in [5, 5.41) is 13.5. The zero-order valence-corrected chi connectivity index (χ0v) is 10.7. The zero-order valence-electron chi connectivity index (χ0n) is 10.7. The first-order chi connectivity index (χ1) is 9.08. The van der Waals surface area contributed by atoms with E-state index in [1.807, 2.05) is 4.90 Å². The normalized spacial score (nSPS) is 16.2. The van der Waals surface area contributed by atoms with Crippen LogP contribution < -0.4 is 5.32 Å². The van der Waals surface area contributed by atoms with Gasteiger partial charge in [-0.15, -0.1) is 0 Å². The van der Waals surface area contributed by atoms with Crippen molar-refractivity contribution in [3.63, 3.8) is 0 Å². The number of carbonyl (C=O) groups excluding carboxylic acids is 1. The molecule has 0 aromatic carbocycles. The van der Waals surface area contributed by atoms with Crippen molar-refractivity contribution in [2.75, 3.05) is 18.4 Å². The second-order valence-electron chi connectivity index (χ2n) is 4.56. The highest BCUT2D eigenvalue weighted by Gasteiger charge is 2.23. The van der Waals surface area contributed by atoms with Gasteiger partial charge in [0.15, 0.2) is 6.20 Å². The fraction of sp³-hybridized carbons (Fsp3) is 0.500. The lowest BCUT2D eigenvalue weighted by molar-refractivity contribution is -0.389. The third kappa shape index (κ3) is 3.18. The molecule has 1 aromatic heterocycles. The Morgan fingerprint density at radius 3 is 2.68 bits per heavy atom. The van der Waals surface area contributed by atoms with Gasteiger partial charge in [0, 0.05) is 19.2 Å². The van der Waals surface area contributed by atoms with E-state index in [0.29, 0.717) is 5.69 Å². The Morgan fingerprint density at radius 2 is 2.16 bits per heavy atom. The van der Waals surface area contributed by atoms with Crippen molar-refractivity contribution in [1.82, 2.24) is 9.88 Å². The predicted molar refractivity (Wildman–Crippen MR) is 69.8 cm³/mol. The lowest BCUT2D eigenvalue weighted by atomic mass is 10.2. The van der Waals surface area contributed by atoms with E-state index in [1.165, 1.54) is 12.3 Å². The number of nitrogens with zero attached hydrogens (tertiary/aromatic N) is 3. The van der Waals surface area contributed by atoms with Crippen LogP contribution in [-0.4, -0.2) is 39.8 Å². The molecule has 1 aliphatic rings. The molecule has 1 N–H and O–H groups in total. The van der Waals surface area contributed by atoms with E-state index in [2.05, 4.69) is 10.3 Å². The zero-order chi connectivity index (χ0) is 13.8. The molecule has 1 amide bonds. The number of nitrogens with one attached hydrogen (secondary N) is 1. The molecular weight excluding hydrogens is 248 g/mol. The van der Waals surface area contributed by atoms with Crippen LogP contribution in [0, 0.1) is 10.1 Å². The maximum Gasteiger partial charge on any atom is 0.363 e. The number of nitro groups is 1. The van der Waals surface area contributed by atoms with Gasteiger partial charge in [-0.3, -0.25) is 4.79 Å². The Hall–Kier alpha value is -2.18. The molecule has 2 heterocycles. The fourth-order valence-electron chi connectivity index (χ4n) is 2.10. The molecular formula is C12H16N4O3. The molecule has 1 saturated heterocycles. The summed E-state index contributed by atoms with van der Waals surface area (Å²) in [6, 6.07) is 2.51. The minimum Gasteiger partial charge on any atom is -0.371 e. The average Bonchev–Trinajstić information content (AvgIpc) is 2.92. The number of hydrogen-bond donors (Lipinski definition) is 1. The summed E-state index contributed by atoms with van der Waals surface area (Å²) in [4.78, 5) is 27.5. The molecule has 0 aliphatic carbocycles. The van der Waals surface area contributed by atoms with Crippen molar-refractivity contribution in [3.8, 4) is 0 Å². The molecule has 102 valence electrons. The van der Waals surface area contributed by atoms with Gasteiger partial charge in [0.2, 0.25) is 5.91 Å². The summed E-state index contributed by atoms with van der Waals surface area (Å²) in [7, 11) is 0. The lowest BCUT2D eigenvalue weighted by Crippen LogP contribution is -2.39. The molecule has 2 rings (SSSR count). The number of pyridine rings is 1. The van der Waals surface area contributed by atoms with Gasteiger partial charge in [-0.2, -0.15) is 0 Å². The Balaban J connectivity index is 1.96. The molecule has 1 unspecified atom stereocenters. The molecule has 7 heteroatoms. The highest BCUT2D eigenvalue weighted by molar-refractivity contribution is 5.84. The first kappa shape index (κ1) is 13.3. The van der Waals surface area contributed by atoms with Crippen molar-refractivity contribution in [1.29, 1.82) is 0 Å². The number of amides is 1. The number of anilines is 1. The maximum absolute atomic E-state index is 12.1. The van der Waals surface area contributed by atoms with Crippen molar-refractivity contribution in [3.05, 3.63) is 28.4 Å². The SMILES string of the molecule is CC(Nc1ccc([N+](=O)[O-])nc1)C(=O)N1CCCC1. The Bertz CT molecular complexity index is 468. The Labute approximate surface area is 110 Å². The van der Waals surface area contributed by atoms with Crippen molar-refractivity contribution < 1.29 is 9.72 Å². The van der Waals surface area contributed by atoms with Crippen molar-refractivity contribution in [2.45, 2.75) is 25.8 Å². The molecule has 1 fully saturated rings. The minimum atomic E-state index is -0.553. The summed E-state index contributed by atoms with van der Waals surface area (Å²) in [6.45, 7) is 3.40. The summed E-state index contributed by atoms with van der Waals surface area (Å²) in [5.41, 5.74) is 0.602. The first-order valence-electron chi connectivity index (χ1n) is 6.23. The van der Waals surface area contributed by atoms with E-state index in [1.54, 1.807) is 13.0 Å². The highest BCUT2D eigenvalue weighted by Crippen LogP contribution is 2.14. The summed E-state index contributed by atoms with van der Waals surface area (Å²) < 4.78 is 0. The summed E-state index contributed by atoms with van der Waals surface area (Å²) in [6.07, 6.45) is 3.47. The fourth-order valence-corrected chi connectivity index (χ4v) is 2.10. The minimum absolute atomic E-state index is 0.0517. The second kappa shape index (κ2) is 5.64. The van der Waals surface area contributed by atoms with Crippen molar-refractivity contribution >= 4 is 17.4 Å². The number of hydrogen-bond acceptors (Lipinski definition) is 5. The molecule has 1 atom stereocenters. The quantitative estimate of drug-likeness (QED) is 0.656. The molecule has 7 nitrogen and oxygen atoms in total. The van der Waals surface area contributed by atoms with Crippen LogP contribution in [0.3, 0.4) is 0 Å².